The van der Waals surface area contributed by atoms with Crippen LogP contribution in [0.1, 0.15) is 17.0 Å². The Hall–Kier alpha value is -4.01. The summed E-state index contributed by atoms with van der Waals surface area (Å²) in [4.78, 5) is 27.2. The summed E-state index contributed by atoms with van der Waals surface area (Å²) in [7, 11) is 0. The second-order valence-corrected chi connectivity index (χ2v) is 5.67. The molecule has 0 fully saturated rings. The van der Waals surface area contributed by atoms with Crippen molar-refractivity contribution >= 4 is 17.8 Å². The van der Waals surface area contributed by atoms with Crippen molar-refractivity contribution in [3.63, 3.8) is 0 Å². The topological polar surface area (TPSA) is 118 Å². The smallest absolute Gasteiger partial charge is 0.395 e. The van der Waals surface area contributed by atoms with Crippen molar-refractivity contribution in [2.45, 2.75) is 6.61 Å². The highest BCUT2D eigenvalue weighted by atomic mass is 19.1. The minimum Gasteiger partial charge on any atom is -0.488 e. The number of H-pyrrole nitrogens is 1. The molecule has 2 N–H and O–H groups in total. The van der Waals surface area contributed by atoms with Gasteiger partial charge < -0.3 is 14.8 Å². The van der Waals surface area contributed by atoms with E-state index < -0.39 is 22.0 Å². The van der Waals surface area contributed by atoms with Gasteiger partial charge in [0, 0.05) is 5.56 Å². The van der Waals surface area contributed by atoms with Gasteiger partial charge in [-0.2, -0.15) is 4.98 Å². The van der Waals surface area contributed by atoms with Crippen LogP contribution in [0, 0.1) is 15.9 Å². The number of hydrogen-bond acceptors (Lipinski definition) is 6. The molecule has 1 heterocycles. The van der Waals surface area contributed by atoms with Gasteiger partial charge in [0.2, 0.25) is 0 Å². The molecule has 0 spiro atoms. The fourth-order valence-corrected chi connectivity index (χ4v) is 2.38. The standard InChI is InChI=1S/C19H14FN3O5/c20-14-8-5-12(6-9-14)11-28-15-4-2-1-3-13(15)7-10-16-21-18(24)17(23(26)27)19(25)22-16/h1-10H,11H2,(H2,21,22,24,25)/b10-7+. The quantitative estimate of drug-likeness (QED) is 0.498. The summed E-state index contributed by atoms with van der Waals surface area (Å²) in [6, 6.07) is 12.9. The van der Waals surface area contributed by atoms with E-state index in [4.69, 9.17) is 4.74 Å². The molecule has 142 valence electrons. The number of aromatic nitrogens is 2. The van der Waals surface area contributed by atoms with Crippen LogP contribution >= 0.6 is 0 Å². The van der Waals surface area contributed by atoms with Gasteiger partial charge in [-0.05, 0) is 35.9 Å². The van der Waals surface area contributed by atoms with Crippen LogP contribution in [-0.2, 0) is 6.61 Å². The molecule has 0 saturated heterocycles. The Morgan fingerprint density at radius 1 is 1.18 bits per heavy atom. The Kier molecular flexibility index (Phi) is 5.45. The maximum atomic E-state index is 13.0. The summed E-state index contributed by atoms with van der Waals surface area (Å²) in [5.74, 6) is -0.827. The Morgan fingerprint density at radius 2 is 1.89 bits per heavy atom. The molecule has 3 rings (SSSR count). The van der Waals surface area contributed by atoms with Gasteiger partial charge in [0.15, 0.2) is 0 Å². The third kappa shape index (κ3) is 4.39. The van der Waals surface area contributed by atoms with Gasteiger partial charge in [0.05, 0.1) is 4.92 Å². The van der Waals surface area contributed by atoms with E-state index in [1.807, 2.05) is 0 Å². The average molecular weight is 383 g/mol. The molecule has 0 bridgehead atoms. The number of nitrogens with zero attached hydrogens (tertiary/aromatic N) is 2. The predicted molar refractivity (Wildman–Crippen MR) is 99.3 cm³/mol. The minimum absolute atomic E-state index is 0.0542. The van der Waals surface area contributed by atoms with E-state index in [9.17, 15) is 24.4 Å². The van der Waals surface area contributed by atoms with E-state index in [0.717, 1.165) is 5.56 Å². The lowest BCUT2D eigenvalue weighted by molar-refractivity contribution is -0.387. The van der Waals surface area contributed by atoms with Gasteiger partial charge in [-0.1, -0.05) is 30.3 Å². The molecule has 0 amide bonds. The third-order valence-electron chi connectivity index (χ3n) is 3.72. The van der Waals surface area contributed by atoms with Crippen LogP contribution in [0.4, 0.5) is 10.1 Å². The summed E-state index contributed by atoms with van der Waals surface area (Å²) < 4.78 is 18.7. The largest absolute Gasteiger partial charge is 0.488 e. The van der Waals surface area contributed by atoms with Crippen LogP contribution in [0.3, 0.4) is 0 Å². The number of rotatable bonds is 6. The molecule has 0 aliphatic rings. The highest BCUT2D eigenvalue weighted by Crippen LogP contribution is 2.22. The summed E-state index contributed by atoms with van der Waals surface area (Å²) >= 11 is 0. The van der Waals surface area contributed by atoms with Crippen LogP contribution in [0.15, 0.2) is 53.3 Å². The molecule has 0 unspecified atom stereocenters. The van der Waals surface area contributed by atoms with Gasteiger partial charge in [-0.3, -0.25) is 14.9 Å². The second-order valence-electron chi connectivity index (χ2n) is 5.67. The van der Waals surface area contributed by atoms with Crippen molar-refractivity contribution in [2.24, 2.45) is 0 Å². The summed E-state index contributed by atoms with van der Waals surface area (Å²) in [5, 5.41) is 20.3. The number of nitro groups is 1. The second kappa shape index (κ2) is 8.12. The maximum Gasteiger partial charge on any atom is 0.395 e. The molecule has 9 heteroatoms. The molecule has 0 saturated carbocycles. The first-order valence-corrected chi connectivity index (χ1v) is 8.06. The first-order chi connectivity index (χ1) is 13.4. The molecular formula is C19H14FN3O5. The minimum atomic E-state index is -1.06. The lowest BCUT2D eigenvalue weighted by Crippen LogP contribution is -2.14. The monoisotopic (exact) mass is 383 g/mol. The van der Waals surface area contributed by atoms with Gasteiger partial charge in [-0.25, -0.2) is 4.39 Å². The Labute approximate surface area is 157 Å². The van der Waals surface area contributed by atoms with Crippen LogP contribution in [0.2, 0.25) is 0 Å². The SMILES string of the molecule is O=c1[nH]c(/C=C/c2ccccc2OCc2ccc(F)cc2)nc(O)c1[N+](=O)[O-]. The molecule has 0 aliphatic heterocycles. The van der Waals surface area contributed by atoms with E-state index in [-0.39, 0.29) is 18.2 Å². The number of aromatic hydroxyl groups is 1. The van der Waals surface area contributed by atoms with Gasteiger partial charge in [0.1, 0.15) is 24.0 Å². The van der Waals surface area contributed by atoms with Crippen molar-refractivity contribution < 1.29 is 19.2 Å². The number of aromatic amines is 1. The average Bonchev–Trinajstić information content (AvgIpc) is 2.66. The fourth-order valence-electron chi connectivity index (χ4n) is 2.38. The Bertz CT molecular complexity index is 1090. The first-order valence-electron chi connectivity index (χ1n) is 8.06. The first kappa shape index (κ1) is 18.8. The Morgan fingerprint density at radius 3 is 2.57 bits per heavy atom. The van der Waals surface area contributed by atoms with Gasteiger partial charge >= 0.3 is 11.2 Å². The van der Waals surface area contributed by atoms with Gasteiger partial charge in [-0.15, -0.1) is 0 Å². The van der Waals surface area contributed by atoms with Crippen LogP contribution in [-0.4, -0.2) is 20.0 Å². The summed E-state index contributed by atoms with van der Waals surface area (Å²) in [5.41, 5.74) is -0.644. The van der Waals surface area contributed by atoms with Crippen LogP contribution in [0.5, 0.6) is 11.6 Å². The molecular weight excluding hydrogens is 369 g/mol. The number of ether oxygens (including phenoxy) is 1. The lowest BCUT2D eigenvalue weighted by atomic mass is 10.2. The zero-order valence-electron chi connectivity index (χ0n) is 14.3. The highest BCUT2D eigenvalue weighted by Gasteiger charge is 2.21. The molecule has 0 aliphatic carbocycles. The molecule has 0 atom stereocenters. The number of hydrogen-bond donors (Lipinski definition) is 2. The zero-order chi connectivity index (χ0) is 20.1. The van der Waals surface area contributed by atoms with Gasteiger partial charge in [0.25, 0.3) is 5.88 Å². The molecule has 28 heavy (non-hydrogen) atoms. The number of nitrogens with one attached hydrogen (secondary N) is 1. The van der Waals surface area contributed by atoms with Crippen LogP contribution in [0.25, 0.3) is 12.2 Å². The number of para-hydroxylation sites is 1. The molecule has 1 aromatic heterocycles. The summed E-state index contributed by atoms with van der Waals surface area (Å²) in [6.45, 7) is 0.221. The fraction of sp³-hybridized carbons (Fsp3) is 0.0526. The van der Waals surface area contributed by atoms with E-state index in [1.165, 1.54) is 18.2 Å². The van der Waals surface area contributed by atoms with Crippen molar-refractivity contribution in [3.8, 4) is 11.6 Å². The highest BCUT2D eigenvalue weighted by molar-refractivity contribution is 5.70. The Balaban J connectivity index is 1.80. The molecule has 0 radical (unpaired) electrons. The number of benzene rings is 2. The third-order valence-corrected chi connectivity index (χ3v) is 3.72. The zero-order valence-corrected chi connectivity index (χ0v) is 14.3. The number of halogens is 1. The normalized spacial score (nSPS) is 10.9. The van der Waals surface area contributed by atoms with Crippen molar-refractivity contribution in [1.29, 1.82) is 0 Å². The van der Waals surface area contributed by atoms with Crippen LogP contribution < -0.4 is 10.3 Å². The van der Waals surface area contributed by atoms with Crippen molar-refractivity contribution in [2.75, 3.05) is 0 Å². The molecule has 2 aromatic carbocycles. The van der Waals surface area contributed by atoms with Crippen molar-refractivity contribution in [3.05, 3.63) is 91.8 Å². The van der Waals surface area contributed by atoms with E-state index >= 15 is 0 Å². The molecule has 8 nitrogen and oxygen atoms in total. The molecule has 3 aromatic rings. The lowest BCUT2D eigenvalue weighted by Gasteiger charge is -2.09. The predicted octanol–water partition coefficient (Wildman–Crippen LogP) is 3.27. The van der Waals surface area contributed by atoms with E-state index in [2.05, 4.69) is 9.97 Å². The van der Waals surface area contributed by atoms with Crippen molar-refractivity contribution in [1.82, 2.24) is 9.97 Å². The van der Waals surface area contributed by atoms with E-state index in [0.29, 0.717) is 11.3 Å². The maximum absolute atomic E-state index is 13.0. The summed E-state index contributed by atoms with van der Waals surface area (Å²) in [6.07, 6.45) is 2.95. The van der Waals surface area contributed by atoms with E-state index in [1.54, 1.807) is 42.5 Å².